The predicted octanol–water partition coefficient (Wildman–Crippen LogP) is 2.44. The van der Waals surface area contributed by atoms with Crippen molar-refractivity contribution in [3.05, 3.63) is 28.3 Å². The SMILES string of the molecule is CCOCC(C)Nc1ccc([N+](=O)[O-])cc1OC. The minimum absolute atomic E-state index is 0.00913. The predicted molar refractivity (Wildman–Crippen MR) is 69.2 cm³/mol. The molecule has 0 bridgehead atoms. The van der Waals surface area contributed by atoms with Crippen LogP contribution in [0.1, 0.15) is 13.8 Å². The van der Waals surface area contributed by atoms with Crippen molar-refractivity contribution in [3.8, 4) is 5.75 Å². The molecule has 0 aromatic heterocycles. The van der Waals surface area contributed by atoms with Crippen LogP contribution in [0.4, 0.5) is 11.4 Å². The van der Waals surface area contributed by atoms with Gasteiger partial charge in [0, 0.05) is 18.7 Å². The summed E-state index contributed by atoms with van der Waals surface area (Å²) in [5.74, 6) is 0.451. The molecule has 1 N–H and O–H groups in total. The second-order valence-corrected chi connectivity index (χ2v) is 3.85. The van der Waals surface area contributed by atoms with Crippen LogP contribution in [0, 0.1) is 10.1 Å². The van der Waals surface area contributed by atoms with Crippen molar-refractivity contribution in [1.82, 2.24) is 0 Å². The molecule has 0 fully saturated rings. The molecule has 0 aliphatic rings. The molecule has 1 aromatic carbocycles. The van der Waals surface area contributed by atoms with Crippen molar-refractivity contribution >= 4 is 11.4 Å². The van der Waals surface area contributed by atoms with Gasteiger partial charge in [0.15, 0.2) is 0 Å². The summed E-state index contributed by atoms with van der Waals surface area (Å²) in [5, 5.41) is 13.8. The Hall–Kier alpha value is -1.82. The quantitative estimate of drug-likeness (QED) is 0.597. The fraction of sp³-hybridized carbons (Fsp3) is 0.500. The highest BCUT2D eigenvalue weighted by Crippen LogP contribution is 2.29. The van der Waals surface area contributed by atoms with E-state index in [9.17, 15) is 10.1 Å². The normalized spacial score (nSPS) is 11.9. The summed E-state index contributed by atoms with van der Waals surface area (Å²) < 4.78 is 10.4. The van der Waals surface area contributed by atoms with Crippen molar-refractivity contribution in [2.24, 2.45) is 0 Å². The van der Waals surface area contributed by atoms with E-state index < -0.39 is 4.92 Å². The molecular formula is C12H18N2O4. The highest BCUT2D eigenvalue weighted by molar-refractivity contribution is 5.61. The topological polar surface area (TPSA) is 73.6 Å². The van der Waals surface area contributed by atoms with E-state index in [0.29, 0.717) is 19.0 Å². The number of anilines is 1. The number of nitrogens with zero attached hydrogens (tertiary/aromatic N) is 1. The molecule has 0 spiro atoms. The molecule has 6 heteroatoms. The highest BCUT2D eigenvalue weighted by atomic mass is 16.6. The minimum atomic E-state index is -0.448. The molecule has 1 atom stereocenters. The van der Waals surface area contributed by atoms with Gasteiger partial charge in [-0.1, -0.05) is 0 Å². The van der Waals surface area contributed by atoms with E-state index in [1.54, 1.807) is 6.07 Å². The van der Waals surface area contributed by atoms with Gasteiger partial charge in [-0.3, -0.25) is 10.1 Å². The number of hydrogen-bond donors (Lipinski definition) is 1. The smallest absolute Gasteiger partial charge is 0.273 e. The van der Waals surface area contributed by atoms with Crippen LogP contribution in [-0.4, -0.2) is 31.3 Å². The van der Waals surface area contributed by atoms with Gasteiger partial charge >= 0.3 is 0 Å². The van der Waals surface area contributed by atoms with Gasteiger partial charge < -0.3 is 14.8 Å². The fourth-order valence-corrected chi connectivity index (χ4v) is 1.51. The summed E-state index contributed by atoms with van der Waals surface area (Å²) in [6, 6.07) is 4.58. The number of nitro benzene ring substituents is 1. The van der Waals surface area contributed by atoms with Gasteiger partial charge in [-0.15, -0.1) is 0 Å². The first-order valence-electron chi connectivity index (χ1n) is 5.75. The van der Waals surface area contributed by atoms with Crippen molar-refractivity contribution < 1.29 is 14.4 Å². The Morgan fingerprint density at radius 1 is 1.50 bits per heavy atom. The van der Waals surface area contributed by atoms with Crippen LogP contribution in [0.15, 0.2) is 18.2 Å². The molecule has 1 aromatic rings. The third-order valence-corrected chi connectivity index (χ3v) is 2.37. The van der Waals surface area contributed by atoms with Gasteiger partial charge in [-0.05, 0) is 19.9 Å². The molecule has 0 aliphatic heterocycles. The summed E-state index contributed by atoms with van der Waals surface area (Å²) in [6.45, 7) is 5.12. The number of methoxy groups -OCH3 is 1. The molecule has 6 nitrogen and oxygen atoms in total. The van der Waals surface area contributed by atoms with Crippen molar-refractivity contribution in [2.45, 2.75) is 19.9 Å². The van der Waals surface area contributed by atoms with Crippen LogP contribution < -0.4 is 10.1 Å². The van der Waals surface area contributed by atoms with Crippen molar-refractivity contribution in [3.63, 3.8) is 0 Å². The maximum atomic E-state index is 10.7. The number of ether oxygens (including phenoxy) is 2. The van der Waals surface area contributed by atoms with E-state index in [0.717, 1.165) is 5.69 Å². The zero-order valence-corrected chi connectivity index (χ0v) is 10.8. The minimum Gasteiger partial charge on any atom is -0.494 e. The lowest BCUT2D eigenvalue weighted by Gasteiger charge is -2.17. The fourth-order valence-electron chi connectivity index (χ4n) is 1.51. The number of non-ortho nitro benzene ring substituents is 1. The molecule has 1 rings (SSSR count). The molecule has 100 valence electrons. The zero-order valence-electron chi connectivity index (χ0n) is 10.8. The van der Waals surface area contributed by atoms with Crippen LogP contribution in [0.3, 0.4) is 0 Å². The molecule has 18 heavy (non-hydrogen) atoms. The largest absolute Gasteiger partial charge is 0.494 e. The molecule has 1 unspecified atom stereocenters. The first kappa shape index (κ1) is 14.2. The lowest BCUT2D eigenvalue weighted by atomic mass is 10.2. The standard InChI is InChI=1S/C12H18N2O4/c1-4-18-8-9(2)13-11-6-5-10(14(15)16)7-12(11)17-3/h5-7,9,13H,4,8H2,1-3H3. The summed E-state index contributed by atoms with van der Waals surface area (Å²) in [5.41, 5.74) is 0.727. The van der Waals surface area contributed by atoms with Crippen LogP contribution >= 0.6 is 0 Å². The monoisotopic (exact) mass is 254 g/mol. The summed E-state index contributed by atoms with van der Waals surface area (Å²) in [6.07, 6.45) is 0. The van der Waals surface area contributed by atoms with Crippen LogP contribution in [0.25, 0.3) is 0 Å². The molecule has 0 radical (unpaired) electrons. The first-order chi connectivity index (χ1) is 8.58. The molecule has 0 saturated heterocycles. The number of nitro groups is 1. The number of rotatable bonds is 7. The lowest BCUT2D eigenvalue weighted by Crippen LogP contribution is -2.22. The Bertz CT molecular complexity index is 409. The highest BCUT2D eigenvalue weighted by Gasteiger charge is 2.12. The maximum absolute atomic E-state index is 10.7. The second-order valence-electron chi connectivity index (χ2n) is 3.85. The lowest BCUT2D eigenvalue weighted by molar-refractivity contribution is -0.384. The Morgan fingerprint density at radius 2 is 2.22 bits per heavy atom. The van der Waals surface area contributed by atoms with E-state index in [-0.39, 0.29) is 11.7 Å². The van der Waals surface area contributed by atoms with Gasteiger partial charge in [0.1, 0.15) is 5.75 Å². The maximum Gasteiger partial charge on any atom is 0.273 e. The van der Waals surface area contributed by atoms with Gasteiger partial charge in [0.2, 0.25) is 0 Å². The molecule has 0 saturated carbocycles. The number of benzene rings is 1. The molecular weight excluding hydrogens is 236 g/mol. The third-order valence-electron chi connectivity index (χ3n) is 2.37. The average Bonchev–Trinajstić information content (AvgIpc) is 2.36. The van der Waals surface area contributed by atoms with E-state index >= 15 is 0 Å². The van der Waals surface area contributed by atoms with Crippen LogP contribution in [-0.2, 0) is 4.74 Å². The van der Waals surface area contributed by atoms with E-state index in [1.165, 1.54) is 19.2 Å². The first-order valence-corrected chi connectivity index (χ1v) is 5.75. The van der Waals surface area contributed by atoms with Crippen molar-refractivity contribution in [2.75, 3.05) is 25.6 Å². The summed E-state index contributed by atoms with van der Waals surface area (Å²) >= 11 is 0. The Balaban J connectivity index is 2.79. The second kappa shape index (κ2) is 6.80. The van der Waals surface area contributed by atoms with E-state index in [2.05, 4.69) is 5.32 Å². The number of nitrogens with one attached hydrogen (secondary N) is 1. The zero-order chi connectivity index (χ0) is 13.5. The van der Waals surface area contributed by atoms with Crippen molar-refractivity contribution in [1.29, 1.82) is 0 Å². The summed E-state index contributed by atoms with van der Waals surface area (Å²) in [7, 11) is 1.48. The average molecular weight is 254 g/mol. The van der Waals surface area contributed by atoms with E-state index in [4.69, 9.17) is 9.47 Å². The Labute approximate surface area is 106 Å². The molecule has 0 amide bonds. The van der Waals surface area contributed by atoms with E-state index in [1.807, 2.05) is 13.8 Å². The third kappa shape index (κ3) is 3.89. The Morgan fingerprint density at radius 3 is 2.78 bits per heavy atom. The molecule has 0 aliphatic carbocycles. The van der Waals surface area contributed by atoms with Gasteiger partial charge in [-0.2, -0.15) is 0 Å². The van der Waals surface area contributed by atoms with Gasteiger partial charge in [-0.25, -0.2) is 0 Å². The Kier molecular flexibility index (Phi) is 5.38. The van der Waals surface area contributed by atoms with Gasteiger partial charge in [0.25, 0.3) is 5.69 Å². The van der Waals surface area contributed by atoms with Crippen LogP contribution in [0.2, 0.25) is 0 Å². The van der Waals surface area contributed by atoms with Gasteiger partial charge in [0.05, 0.1) is 30.4 Å². The summed E-state index contributed by atoms with van der Waals surface area (Å²) in [4.78, 5) is 10.2. The number of hydrogen-bond acceptors (Lipinski definition) is 5. The molecule has 0 heterocycles. The van der Waals surface area contributed by atoms with Crippen LogP contribution in [0.5, 0.6) is 5.75 Å².